The number of hydrogen-bond acceptors (Lipinski definition) is 6. The lowest BCUT2D eigenvalue weighted by Gasteiger charge is -2.07. The van der Waals surface area contributed by atoms with Gasteiger partial charge in [0.15, 0.2) is 12.4 Å². The fourth-order valence-electron chi connectivity index (χ4n) is 2.58. The molecule has 4 aromatic rings. The topological polar surface area (TPSA) is 92.0 Å². The van der Waals surface area contributed by atoms with E-state index in [0.717, 1.165) is 11.1 Å². The van der Waals surface area contributed by atoms with Gasteiger partial charge in [-0.2, -0.15) is 10.1 Å². The Hall–Kier alpha value is -3.32. The molecule has 27 heavy (non-hydrogen) atoms. The van der Waals surface area contributed by atoms with Gasteiger partial charge in [0.2, 0.25) is 5.82 Å². The summed E-state index contributed by atoms with van der Waals surface area (Å²) < 4.78 is 12.6. The molecule has 2 N–H and O–H groups in total. The van der Waals surface area contributed by atoms with E-state index in [9.17, 15) is 0 Å². The lowest BCUT2D eigenvalue weighted by atomic mass is 10.1. The van der Waals surface area contributed by atoms with E-state index in [1.165, 1.54) is 0 Å². The second-order valence-corrected chi connectivity index (χ2v) is 6.29. The molecule has 0 atom stereocenters. The van der Waals surface area contributed by atoms with Crippen molar-refractivity contribution in [2.75, 3.05) is 5.73 Å². The molecule has 0 aliphatic rings. The average molecular weight is 382 g/mol. The third-order valence-electron chi connectivity index (χ3n) is 4.09. The first kappa shape index (κ1) is 17.1. The molecule has 0 fully saturated rings. The standard InChI is InChI=1S/C19H16ClN5O2/c1-12-13(5-4-7-15(12)21)18-22-19(27-24-18)16-9-10-25(23-16)11-26-17-8-3-2-6-14(17)20/h2-10H,11,21H2,1H3. The summed E-state index contributed by atoms with van der Waals surface area (Å²) in [5.74, 6) is 1.38. The molecule has 0 saturated carbocycles. The summed E-state index contributed by atoms with van der Waals surface area (Å²) in [6.07, 6.45) is 1.77. The van der Waals surface area contributed by atoms with Crippen LogP contribution in [0.5, 0.6) is 5.75 Å². The quantitative estimate of drug-likeness (QED) is 0.521. The largest absolute Gasteiger partial charge is 0.470 e. The SMILES string of the molecule is Cc1c(N)cccc1-c1noc(-c2ccn(COc3ccccc3Cl)n2)n1. The maximum atomic E-state index is 6.08. The molecule has 2 heterocycles. The Morgan fingerprint density at radius 2 is 2.00 bits per heavy atom. The van der Waals surface area contributed by atoms with Crippen LogP contribution in [0.3, 0.4) is 0 Å². The molecular weight excluding hydrogens is 366 g/mol. The summed E-state index contributed by atoms with van der Waals surface area (Å²) in [7, 11) is 0. The van der Waals surface area contributed by atoms with Gasteiger partial charge in [-0.05, 0) is 36.8 Å². The summed E-state index contributed by atoms with van der Waals surface area (Å²) in [5, 5.41) is 8.98. The van der Waals surface area contributed by atoms with Gasteiger partial charge in [-0.1, -0.05) is 41.0 Å². The first-order valence-electron chi connectivity index (χ1n) is 8.22. The molecule has 0 aliphatic heterocycles. The van der Waals surface area contributed by atoms with Gasteiger partial charge in [-0.3, -0.25) is 0 Å². The van der Waals surface area contributed by atoms with E-state index < -0.39 is 0 Å². The molecule has 2 aromatic carbocycles. The first-order chi connectivity index (χ1) is 13.1. The minimum Gasteiger partial charge on any atom is -0.470 e. The number of anilines is 1. The lowest BCUT2D eigenvalue weighted by molar-refractivity contribution is 0.221. The highest BCUT2D eigenvalue weighted by molar-refractivity contribution is 6.32. The molecule has 8 heteroatoms. The maximum absolute atomic E-state index is 6.08. The Kier molecular flexibility index (Phi) is 4.52. The van der Waals surface area contributed by atoms with Gasteiger partial charge < -0.3 is 15.0 Å². The number of nitrogens with zero attached hydrogens (tertiary/aromatic N) is 4. The lowest BCUT2D eigenvalue weighted by Crippen LogP contribution is -2.05. The Morgan fingerprint density at radius 1 is 1.15 bits per heavy atom. The fourth-order valence-corrected chi connectivity index (χ4v) is 2.77. The van der Waals surface area contributed by atoms with Crippen LogP contribution < -0.4 is 10.5 Å². The molecule has 0 bridgehead atoms. The highest BCUT2D eigenvalue weighted by Crippen LogP contribution is 2.27. The molecule has 0 saturated heterocycles. The minimum atomic E-state index is 0.207. The Morgan fingerprint density at radius 3 is 2.85 bits per heavy atom. The van der Waals surface area contributed by atoms with Gasteiger partial charge in [0.1, 0.15) is 5.75 Å². The highest BCUT2D eigenvalue weighted by Gasteiger charge is 2.15. The van der Waals surface area contributed by atoms with Crippen molar-refractivity contribution in [3.05, 3.63) is 65.3 Å². The van der Waals surface area contributed by atoms with Gasteiger partial charge in [0.05, 0.1) is 5.02 Å². The van der Waals surface area contributed by atoms with Crippen LogP contribution in [0.15, 0.2) is 59.3 Å². The number of nitrogen functional groups attached to an aromatic ring is 1. The van der Waals surface area contributed by atoms with E-state index in [-0.39, 0.29) is 6.73 Å². The molecule has 0 aliphatic carbocycles. The van der Waals surface area contributed by atoms with Crippen molar-refractivity contribution in [1.82, 2.24) is 19.9 Å². The van der Waals surface area contributed by atoms with Crippen molar-refractivity contribution in [3.8, 4) is 28.7 Å². The number of para-hydroxylation sites is 1. The fraction of sp³-hybridized carbons (Fsp3) is 0.105. The summed E-state index contributed by atoms with van der Waals surface area (Å²) >= 11 is 6.08. The number of aromatic nitrogens is 4. The molecule has 0 unspecified atom stereocenters. The van der Waals surface area contributed by atoms with Crippen molar-refractivity contribution in [2.24, 2.45) is 0 Å². The van der Waals surface area contributed by atoms with Crippen molar-refractivity contribution in [2.45, 2.75) is 13.7 Å². The van der Waals surface area contributed by atoms with Crippen LogP contribution in [-0.4, -0.2) is 19.9 Å². The maximum Gasteiger partial charge on any atom is 0.278 e. The number of nitrogens with two attached hydrogens (primary N) is 1. The van der Waals surface area contributed by atoms with Crippen LogP contribution in [-0.2, 0) is 6.73 Å². The van der Waals surface area contributed by atoms with Crippen LogP contribution in [0, 0.1) is 6.92 Å². The van der Waals surface area contributed by atoms with E-state index in [4.69, 9.17) is 26.6 Å². The van der Waals surface area contributed by atoms with Gasteiger partial charge in [0, 0.05) is 17.4 Å². The molecule has 0 spiro atoms. The monoisotopic (exact) mass is 381 g/mol. The molecule has 4 rings (SSSR count). The van der Waals surface area contributed by atoms with Crippen molar-refractivity contribution in [1.29, 1.82) is 0 Å². The normalized spacial score (nSPS) is 10.9. The molecule has 0 radical (unpaired) electrons. The van der Waals surface area contributed by atoms with Crippen molar-refractivity contribution >= 4 is 17.3 Å². The van der Waals surface area contributed by atoms with Crippen LogP contribution in [0.2, 0.25) is 5.02 Å². The highest BCUT2D eigenvalue weighted by atomic mass is 35.5. The van der Waals surface area contributed by atoms with E-state index in [1.807, 2.05) is 37.3 Å². The predicted molar refractivity (Wildman–Crippen MR) is 102 cm³/mol. The van der Waals surface area contributed by atoms with E-state index in [2.05, 4.69) is 15.2 Å². The zero-order valence-corrected chi connectivity index (χ0v) is 15.2. The third kappa shape index (κ3) is 3.50. The van der Waals surface area contributed by atoms with E-state index >= 15 is 0 Å². The van der Waals surface area contributed by atoms with Gasteiger partial charge in [0.25, 0.3) is 5.89 Å². The minimum absolute atomic E-state index is 0.207. The average Bonchev–Trinajstić information content (AvgIpc) is 3.33. The van der Waals surface area contributed by atoms with Gasteiger partial charge >= 0.3 is 0 Å². The number of halogens is 1. The smallest absolute Gasteiger partial charge is 0.278 e. The number of benzene rings is 2. The summed E-state index contributed by atoms with van der Waals surface area (Å²) in [6, 6.07) is 14.6. The van der Waals surface area contributed by atoms with Crippen LogP contribution in [0.4, 0.5) is 5.69 Å². The number of hydrogen-bond donors (Lipinski definition) is 1. The van der Waals surface area contributed by atoms with Gasteiger partial charge in [-0.15, -0.1) is 0 Å². The Bertz CT molecular complexity index is 1090. The number of rotatable bonds is 5. The second kappa shape index (κ2) is 7.13. The summed E-state index contributed by atoms with van der Waals surface area (Å²) in [5.41, 5.74) is 8.91. The molecule has 136 valence electrons. The van der Waals surface area contributed by atoms with Crippen LogP contribution in [0.1, 0.15) is 5.56 Å². The Balaban J connectivity index is 1.51. The molecule has 7 nitrogen and oxygen atoms in total. The van der Waals surface area contributed by atoms with E-state index in [0.29, 0.717) is 33.9 Å². The molecule has 2 aromatic heterocycles. The summed E-state index contributed by atoms with van der Waals surface area (Å²) in [6.45, 7) is 2.13. The second-order valence-electron chi connectivity index (χ2n) is 5.89. The van der Waals surface area contributed by atoms with Crippen molar-refractivity contribution in [3.63, 3.8) is 0 Å². The third-order valence-corrected chi connectivity index (χ3v) is 4.40. The van der Waals surface area contributed by atoms with Gasteiger partial charge in [-0.25, -0.2) is 4.68 Å². The first-order valence-corrected chi connectivity index (χ1v) is 8.60. The molecular formula is C19H16ClN5O2. The number of ether oxygens (including phenoxy) is 1. The van der Waals surface area contributed by atoms with E-state index in [1.54, 1.807) is 29.1 Å². The zero-order chi connectivity index (χ0) is 18.8. The predicted octanol–water partition coefficient (Wildman–Crippen LogP) is 4.18. The zero-order valence-electron chi connectivity index (χ0n) is 14.5. The van der Waals surface area contributed by atoms with Crippen molar-refractivity contribution < 1.29 is 9.26 Å². The molecule has 0 amide bonds. The van der Waals surface area contributed by atoms with Crippen LogP contribution >= 0.6 is 11.6 Å². The Labute approximate surface area is 160 Å². The summed E-state index contributed by atoms with van der Waals surface area (Å²) in [4.78, 5) is 4.43. The van der Waals surface area contributed by atoms with Crippen LogP contribution in [0.25, 0.3) is 23.0 Å².